The van der Waals surface area contributed by atoms with E-state index in [2.05, 4.69) is 15.3 Å². The molecule has 0 aliphatic heterocycles. The molecule has 2 aromatic carbocycles. The number of carbonyl (C=O) groups excluding carboxylic acids is 1. The summed E-state index contributed by atoms with van der Waals surface area (Å²) in [5, 5.41) is 6.20. The summed E-state index contributed by atoms with van der Waals surface area (Å²) in [6.45, 7) is -0.123. The van der Waals surface area contributed by atoms with Gasteiger partial charge in [0.05, 0.1) is 22.9 Å². The average Bonchev–Trinajstić information content (AvgIpc) is 3.22. The summed E-state index contributed by atoms with van der Waals surface area (Å²) in [4.78, 5) is 35.2. The first-order chi connectivity index (χ1) is 14.7. The number of amides is 1. The fourth-order valence-corrected chi connectivity index (χ4v) is 4.37. The Morgan fingerprint density at radius 3 is 2.73 bits per heavy atom. The Morgan fingerprint density at radius 1 is 1.00 bits per heavy atom. The summed E-state index contributed by atoms with van der Waals surface area (Å²) in [5.74, 6) is -0.300. The van der Waals surface area contributed by atoms with Crippen LogP contribution in [-0.4, -0.2) is 20.4 Å². The number of hydrogen-bond donors (Lipinski definition) is 1. The SMILES string of the molecule is O=C(Cn1cnc2scc(-c3ccccc3)c2c1=O)Nc1cccc2ncccc12. The first-order valence-electron chi connectivity index (χ1n) is 9.36. The van der Waals surface area contributed by atoms with E-state index in [-0.39, 0.29) is 18.0 Å². The van der Waals surface area contributed by atoms with Crippen LogP contribution in [0, 0.1) is 0 Å². The smallest absolute Gasteiger partial charge is 0.263 e. The Bertz CT molecular complexity index is 1440. The van der Waals surface area contributed by atoms with Gasteiger partial charge in [0, 0.05) is 22.5 Å². The van der Waals surface area contributed by atoms with Gasteiger partial charge in [-0.2, -0.15) is 0 Å². The number of aromatic nitrogens is 3. The highest BCUT2D eigenvalue weighted by atomic mass is 32.1. The van der Waals surface area contributed by atoms with E-state index in [1.54, 1.807) is 6.20 Å². The van der Waals surface area contributed by atoms with Crippen molar-refractivity contribution >= 4 is 44.1 Å². The summed E-state index contributed by atoms with van der Waals surface area (Å²) in [5.41, 5.74) is 3.01. The van der Waals surface area contributed by atoms with Crippen LogP contribution in [0.1, 0.15) is 0 Å². The predicted octanol–water partition coefficient (Wildman–Crippen LogP) is 4.31. The standard InChI is InChI=1S/C23H16N4O2S/c28-20(26-19-10-4-9-18-16(19)8-5-11-24-18)12-27-14-25-22-21(23(27)29)17(13-30-22)15-6-2-1-3-7-15/h1-11,13-14H,12H2,(H,26,28). The lowest BCUT2D eigenvalue weighted by atomic mass is 10.1. The monoisotopic (exact) mass is 412 g/mol. The van der Waals surface area contributed by atoms with Gasteiger partial charge in [0.25, 0.3) is 5.56 Å². The molecule has 1 N–H and O–H groups in total. The lowest BCUT2D eigenvalue weighted by Gasteiger charge is -2.10. The molecule has 3 heterocycles. The third-order valence-electron chi connectivity index (χ3n) is 4.88. The Morgan fingerprint density at radius 2 is 1.87 bits per heavy atom. The molecule has 0 aliphatic carbocycles. The summed E-state index contributed by atoms with van der Waals surface area (Å²) in [7, 11) is 0. The molecule has 30 heavy (non-hydrogen) atoms. The number of pyridine rings is 1. The summed E-state index contributed by atoms with van der Waals surface area (Å²) >= 11 is 1.42. The highest BCUT2D eigenvalue weighted by molar-refractivity contribution is 7.17. The highest BCUT2D eigenvalue weighted by Crippen LogP contribution is 2.30. The van der Waals surface area contributed by atoms with Crippen LogP contribution in [0.4, 0.5) is 5.69 Å². The van der Waals surface area contributed by atoms with E-state index in [0.717, 1.165) is 22.0 Å². The second-order valence-electron chi connectivity index (χ2n) is 6.80. The van der Waals surface area contributed by atoms with Gasteiger partial charge in [-0.05, 0) is 29.8 Å². The normalized spacial score (nSPS) is 11.1. The molecule has 0 bridgehead atoms. The molecule has 0 aliphatic rings. The molecule has 146 valence electrons. The van der Waals surface area contributed by atoms with Crippen molar-refractivity contribution in [1.29, 1.82) is 0 Å². The zero-order valence-electron chi connectivity index (χ0n) is 15.8. The maximum Gasteiger partial charge on any atom is 0.263 e. The fraction of sp³-hybridized carbons (Fsp3) is 0.0435. The molecule has 0 saturated heterocycles. The summed E-state index contributed by atoms with van der Waals surface area (Å²) in [6, 6.07) is 19.0. The lowest BCUT2D eigenvalue weighted by molar-refractivity contribution is -0.116. The van der Waals surface area contributed by atoms with Gasteiger partial charge in [0.1, 0.15) is 11.4 Å². The van der Waals surface area contributed by atoms with Crippen LogP contribution in [0.25, 0.3) is 32.2 Å². The quantitative estimate of drug-likeness (QED) is 0.477. The Hall–Kier alpha value is -3.84. The molecule has 0 radical (unpaired) electrons. The second kappa shape index (κ2) is 7.53. The molecule has 5 aromatic rings. The predicted molar refractivity (Wildman–Crippen MR) is 120 cm³/mol. The number of fused-ring (bicyclic) bond motifs is 2. The van der Waals surface area contributed by atoms with Crippen LogP contribution in [0.15, 0.2) is 83.4 Å². The molecule has 5 rings (SSSR count). The summed E-state index contributed by atoms with van der Waals surface area (Å²) in [6.07, 6.45) is 3.14. The topological polar surface area (TPSA) is 76.9 Å². The van der Waals surface area contributed by atoms with Gasteiger partial charge >= 0.3 is 0 Å². The number of thiophene rings is 1. The van der Waals surface area contributed by atoms with E-state index in [9.17, 15) is 9.59 Å². The molecular weight excluding hydrogens is 396 g/mol. The number of benzene rings is 2. The fourth-order valence-electron chi connectivity index (χ4n) is 3.47. The molecule has 0 fully saturated rings. The molecule has 0 spiro atoms. The van der Waals surface area contributed by atoms with Crippen LogP contribution in [-0.2, 0) is 11.3 Å². The van der Waals surface area contributed by atoms with Crippen LogP contribution in [0.5, 0.6) is 0 Å². The third-order valence-corrected chi connectivity index (χ3v) is 5.77. The first-order valence-corrected chi connectivity index (χ1v) is 10.2. The highest BCUT2D eigenvalue weighted by Gasteiger charge is 2.15. The minimum Gasteiger partial charge on any atom is -0.324 e. The minimum atomic E-state index is -0.300. The van der Waals surface area contributed by atoms with Gasteiger partial charge in [0.2, 0.25) is 5.91 Å². The van der Waals surface area contributed by atoms with Crippen molar-refractivity contribution < 1.29 is 4.79 Å². The lowest BCUT2D eigenvalue weighted by Crippen LogP contribution is -2.27. The van der Waals surface area contributed by atoms with Crippen molar-refractivity contribution in [2.75, 3.05) is 5.32 Å². The van der Waals surface area contributed by atoms with Crippen molar-refractivity contribution in [3.8, 4) is 11.1 Å². The Balaban J connectivity index is 1.47. The largest absolute Gasteiger partial charge is 0.324 e. The van der Waals surface area contributed by atoms with Gasteiger partial charge < -0.3 is 5.32 Å². The molecule has 7 heteroatoms. The van der Waals surface area contributed by atoms with Gasteiger partial charge in [-0.1, -0.05) is 36.4 Å². The van der Waals surface area contributed by atoms with E-state index in [4.69, 9.17) is 0 Å². The Labute approximate surface area is 175 Å². The Kier molecular flexibility index (Phi) is 4.57. The van der Waals surface area contributed by atoms with E-state index < -0.39 is 0 Å². The van der Waals surface area contributed by atoms with Crippen molar-refractivity contribution in [3.63, 3.8) is 0 Å². The second-order valence-corrected chi connectivity index (χ2v) is 7.66. The third kappa shape index (κ3) is 3.25. The minimum absolute atomic E-state index is 0.123. The zero-order valence-corrected chi connectivity index (χ0v) is 16.6. The summed E-state index contributed by atoms with van der Waals surface area (Å²) < 4.78 is 1.35. The van der Waals surface area contributed by atoms with Crippen LogP contribution in [0.2, 0.25) is 0 Å². The number of carbonyl (C=O) groups is 1. The van der Waals surface area contributed by atoms with E-state index >= 15 is 0 Å². The van der Waals surface area contributed by atoms with Gasteiger partial charge in [-0.25, -0.2) is 4.98 Å². The number of nitrogens with one attached hydrogen (secondary N) is 1. The number of rotatable bonds is 4. The van der Waals surface area contributed by atoms with Crippen molar-refractivity contribution in [2.24, 2.45) is 0 Å². The molecule has 1 amide bonds. The molecule has 0 unspecified atom stereocenters. The molecule has 0 saturated carbocycles. The van der Waals surface area contributed by atoms with E-state index in [1.165, 1.54) is 22.2 Å². The van der Waals surface area contributed by atoms with E-state index in [1.807, 2.05) is 66.0 Å². The average molecular weight is 412 g/mol. The molecule has 6 nitrogen and oxygen atoms in total. The first kappa shape index (κ1) is 18.2. The molecule has 3 aromatic heterocycles. The van der Waals surface area contributed by atoms with Crippen LogP contribution in [0.3, 0.4) is 0 Å². The van der Waals surface area contributed by atoms with Crippen LogP contribution < -0.4 is 10.9 Å². The van der Waals surface area contributed by atoms with E-state index in [0.29, 0.717) is 15.9 Å². The van der Waals surface area contributed by atoms with Crippen molar-refractivity contribution in [2.45, 2.75) is 6.54 Å². The maximum atomic E-state index is 13.1. The van der Waals surface area contributed by atoms with Crippen molar-refractivity contribution in [1.82, 2.24) is 14.5 Å². The molecule has 0 atom stereocenters. The molecular formula is C23H16N4O2S. The number of anilines is 1. The van der Waals surface area contributed by atoms with Gasteiger partial charge in [-0.15, -0.1) is 11.3 Å². The zero-order chi connectivity index (χ0) is 20.5. The number of nitrogens with zero attached hydrogens (tertiary/aromatic N) is 3. The number of hydrogen-bond acceptors (Lipinski definition) is 5. The van der Waals surface area contributed by atoms with Gasteiger partial charge in [0.15, 0.2) is 0 Å². The van der Waals surface area contributed by atoms with Crippen LogP contribution >= 0.6 is 11.3 Å². The van der Waals surface area contributed by atoms with Crippen molar-refractivity contribution in [3.05, 3.63) is 88.9 Å². The maximum absolute atomic E-state index is 13.1. The van der Waals surface area contributed by atoms with Gasteiger partial charge in [-0.3, -0.25) is 19.1 Å².